The summed E-state index contributed by atoms with van der Waals surface area (Å²) < 4.78 is 0. The van der Waals surface area contributed by atoms with Gasteiger partial charge in [-0.2, -0.15) is 0 Å². The normalized spacial score (nSPS) is 11.9. The van der Waals surface area contributed by atoms with E-state index < -0.39 is 12.0 Å². The van der Waals surface area contributed by atoms with Gasteiger partial charge in [-0.05, 0) is 19.9 Å². The van der Waals surface area contributed by atoms with E-state index in [0.29, 0.717) is 0 Å². The van der Waals surface area contributed by atoms with Gasteiger partial charge in [0.1, 0.15) is 6.04 Å². The zero-order valence-electron chi connectivity index (χ0n) is 12.8. The Balaban J connectivity index is -0.00000112. The van der Waals surface area contributed by atoms with Crippen molar-refractivity contribution in [1.82, 2.24) is 5.32 Å². The number of hydrogen-bond acceptors (Lipinski definition) is 2. The molecule has 3 nitrogen and oxygen atoms in total. The van der Waals surface area contributed by atoms with Gasteiger partial charge in [0, 0.05) is 0 Å². The molecule has 4 heteroatoms. The first kappa shape index (κ1) is 20.4. The Labute approximate surface area is 150 Å². The monoisotopic (exact) mass is 269 g/mol. The SMILES string of the molecule is CCCCCCCCCCN[C@@H](C)C(=O)O.[H-].[K+]. The van der Waals surface area contributed by atoms with E-state index in [1.165, 1.54) is 44.9 Å². The van der Waals surface area contributed by atoms with Crippen LogP contribution in [0.25, 0.3) is 0 Å². The van der Waals surface area contributed by atoms with Gasteiger partial charge >= 0.3 is 57.4 Å². The van der Waals surface area contributed by atoms with Crippen LogP contribution in [0.15, 0.2) is 0 Å². The third-order valence-electron chi connectivity index (χ3n) is 2.85. The fourth-order valence-electron chi connectivity index (χ4n) is 1.66. The quantitative estimate of drug-likeness (QED) is 0.419. The third-order valence-corrected chi connectivity index (χ3v) is 2.85. The van der Waals surface area contributed by atoms with Crippen LogP contribution in [0.3, 0.4) is 0 Å². The standard InChI is InChI=1S/C13H27NO2.K.H/c1-3-4-5-6-7-8-9-10-11-14-12(2)13(15)16;;/h12,14H,3-11H2,1-2H3,(H,15,16);;/q;+1;-1/t12-;;/m0../s1. The van der Waals surface area contributed by atoms with Gasteiger partial charge in [-0.1, -0.05) is 51.9 Å². The molecule has 0 saturated heterocycles. The number of unbranched alkanes of at least 4 members (excludes halogenated alkanes) is 7. The van der Waals surface area contributed by atoms with E-state index in [0.717, 1.165) is 13.0 Å². The van der Waals surface area contributed by atoms with Crippen LogP contribution in [-0.2, 0) is 4.79 Å². The van der Waals surface area contributed by atoms with Crippen LogP contribution in [0.4, 0.5) is 0 Å². The maximum Gasteiger partial charge on any atom is 1.00 e. The first-order chi connectivity index (χ1) is 7.68. The van der Waals surface area contributed by atoms with Crippen molar-refractivity contribution >= 4 is 5.97 Å². The number of aliphatic carboxylic acids is 1. The van der Waals surface area contributed by atoms with E-state index in [2.05, 4.69) is 12.2 Å². The number of carbonyl (C=O) groups is 1. The molecule has 0 aromatic rings. The summed E-state index contributed by atoms with van der Waals surface area (Å²) in [7, 11) is 0. The fraction of sp³-hybridized carbons (Fsp3) is 0.923. The number of rotatable bonds is 11. The van der Waals surface area contributed by atoms with Gasteiger partial charge in [0.15, 0.2) is 0 Å². The van der Waals surface area contributed by atoms with Crippen LogP contribution in [0.5, 0.6) is 0 Å². The molecule has 0 aromatic heterocycles. The molecular formula is C13H28KNO2. The molecule has 0 aromatic carbocycles. The molecule has 0 spiro atoms. The van der Waals surface area contributed by atoms with Crippen molar-refractivity contribution in [2.24, 2.45) is 0 Å². The fourth-order valence-corrected chi connectivity index (χ4v) is 1.66. The van der Waals surface area contributed by atoms with Crippen LogP contribution in [-0.4, -0.2) is 23.7 Å². The third kappa shape index (κ3) is 15.0. The van der Waals surface area contributed by atoms with Gasteiger partial charge in [-0.15, -0.1) is 0 Å². The Morgan fingerprint density at radius 2 is 1.59 bits per heavy atom. The summed E-state index contributed by atoms with van der Waals surface area (Å²) in [5.41, 5.74) is 0. The molecule has 17 heavy (non-hydrogen) atoms. The van der Waals surface area contributed by atoms with E-state index in [-0.39, 0.29) is 52.8 Å². The Kier molecular flexibility index (Phi) is 18.1. The number of carboxylic acids is 1. The summed E-state index contributed by atoms with van der Waals surface area (Å²) in [5.74, 6) is -0.764. The van der Waals surface area contributed by atoms with Crippen molar-refractivity contribution in [2.45, 2.75) is 71.3 Å². The second-order valence-electron chi connectivity index (χ2n) is 4.49. The second kappa shape index (κ2) is 15.1. The Morgan fingerprint density at radius 3 is 2.06 bits per heavy atom. The maximum absolute atomic E-state index is 10.5. The molecule has 0 radical (unpaired) electrons. The van der Waals surface area contributed by atoms with Crippen molar-refractivity contribution in [1.29, 1.82) is 0 Å². The van der Waals surface area contributed by atoms with Gasteiger partial charge in [0.25, 0.3) is 0 Å². The van der Waals surface area contributed by atoms with Gasteiger partial charge in [-0.25, -0.2) is 0 Å². The Hall–Kier alpha value is 1.07. The first-order valence-electron chi connectivity index (χ1n) is 6.64. The molecule has 0 aliphatic rings. The predicted molar refractivity (Wildman–Crippen MR) is 68.8 cm³/mol. The molecule has 0 amide bonds. The molecule has 0 aliphatic carbocycles. The molecule has 2 N–H and O–H groups in total. The molecular weight excluding hydrogens is 241 g/mol. The Bertz CT molecular complexity index is 182. The molecule has 98 valence electrons. The molecule has 0 unspecified atom stereocenters. The first-order valence-corrected chi connectivity index (χ1v) is 6.64. The van der Waals surface area contributed by atoms with Crippen LogP contribution in [0, 0.1) is 0 Å². The molecule has 0 heterocycles. The smallest absolute Gasteiger partial charge is 1.00 e. The van der Waals surface area contributed by atoms with Gasteiger partial charge < -0.3 is 11.8 Å². The minimum atomic E-state index is -0.764. The second-order valence-corrected chi connectivity index (χ2v) is 4.49. The summed E-state index contributed by atoms with van der Waals surface area (Å²) in [6.45, 7) is 4.74. The molecule has 1 atom stereocenters. The summed E-state index contributed by atoms with van der Waals surface area (Å²) in [4.78, 5) is 10.5. The predicted octanol–water partition coefficient (Wildman–Crippen LogP) is 0.306. The van der Waals surface area contributed by atoms with Crippen LogP contribution >= 0.6 is 0 Å². The van der Waals surface area contributed by atoms with Crippen LogP contribution in [0.2, 0.25) is 0 Å². The summed E-state index contributed by atoms with van der Waals surface area (Å²) in [5, 5.41) is 11.6. The summed E-state index contributed by atoms with van der Waals surface area (Å²) in [6.07, 6.45) is 10.3. The average Bonchev–Trinajstić information content (AvgIpc) is 2.26. The Morgan fingerprint density at radius 1 is 1.12 bits per heavy atom. The van der Waals surface area contributed by atoms with Crippen molar-refractivity contribution in [3.63, 3.8) is 0 Å². The zero-order valence-corrected chi connectivity index (χ0v) is 14.9. The molecule has 0 bridgehead atoms. The zero-order chi connectivity index (χ0) is 12.2. The number of carboxylic acid groups (broad SMARTS) is 1. The summed E-state index contributed by atoms with van der Waals surface area (Å²) >= 11 is 0. The van der Waals surface area contributed by atoms with Gasteiger partial charge in [0.2, 0.25) is 0 Å². The van der Waals surface area contributed by atoms with Crippen molar-refractivity contribution in [3.05, 3.63) is 0 Å². The number of nitrogens with one attached hydrogen (secondary N) is 1. The molecule has 0 rings (SSSR count). The van der Waals surface area contributed by atoms with Crippen molar-refractivity contribution in [3.8, 4) is 0 Å². The van der Waals surface area contributed by atoms with Gasteiger partial charge in [-0.3, -0.25) is 4.79 Å². The molecule has 0 aliphatic heterocycles. The number of hydrogen-bond donors (Lipinski definition) is 2. The minimum Gasteiger partial charge on any atom is -1.00 e. The van der Waals surface area contributed by atoms with E-state index in [9.17, 15) is 4.79 Å². The minimum absolute atomic E-state index is 0. The maximum atomic E-state index is 10.5. The average molecular weight is 269 g/mol. The summed E-state index contributed by atoms with van der Waals surface area (Å²) in [6, 6.07) is -0.412. The largest absolute Gasteiger partial charge is 1.00 e. The van der Waals surface area contributed by atoms with Crippen LogP contribution < -0.4 is 56.7 Å². The molecule has 0 fully saturated rings. The van der Waals surface area contributed by atoms with E-state index in [1.54, 1.807) is 6.92 Å². The van der Waals surface area contributed by atoms with Crippen molar-refractivity contribution < 1.29 is 62.7 Å². The van der Waals surface area contributed by atoms with E-state index >= 15 is 0 Å². The van der Waals surface area contributed by atoms with Gasteiger partial charge in [0.05, 0.1) is 0 Å². The molecule has 0 saturated carbocycles. The van der Waals surface area contributed by atoms with Crippen molar-refractivity contribution in [2.75, 3.05) is 6.54 Å². The topological polar surface area (TPSA) is 49.3 Å². The van der Waals surface area contributed by atoms with E-state index in [1.807, 2.05) is 0 Å². The van der Waals surface area contributed by atoms with E-state index in [4.69, 9.17) is 5.11 Å². The van der Waals surface area contributed by atoms with Crippen LogP contribution in [0.1, 0.15) is 66.6 Å².